The normalized spacial score (nSPS) is 22.8. The van der Waals surface area contributed by atoms with Crippen molar-refractivity contribution in [2.75, 3.05) is 32.1 Å². The van der Waals surface area contributed by atoms with Gasteiger partial charge in [0.25, 0.3) is 5.91 Å². The minimum atomic E-state index is -0.139. The van der Waals surface area contributed by atoms with Crippen molar-refractivity contribution < 1.29 is 19.1 Å². The first-order chi connectivity index (χ1) is 13.1. The van der Waals surface area contributed by atoms with E-state index in [2.05, 4.69) is 16.0 Å². The second-order valence-corrected chi connectivity index (χ2v) is 7.85. The van der Waals surface area contributed by atoms with Crippen LogP contribution < -0.4 is 25.4 Å². The number of amides is 2. The molecule has 1 unspecified atom stereocenters. The number of methoxy groups -OCH3 is 1. The highest BCUT2D eigenvalue weighted by atomic mass is 16.5. The largest absolute Gasteiger partial charge is 0.493 e. The summed E-state index contributed by atoms with van der Waals surface area (Å²) < 4.78 is 10.9. The Hall–Kier alpha value is -2.28. The molecule has 1 aliphatic heterocycles. The van der Waals surface area contributed by atoms with Crippen molar-refractivity contribution in [2.45, 2.75) is 38.1 Å². The summed E-state index contributed by atoms with van der Waals surface area (Å²) in [6, 6.07) is 5.57. The topological polar surface area (TPSA) is 88.7 Å². The second kappa shape index (κ2) is 7.38. The highest BCUT2D eigenvalue weighted by molar-refractivity contribution is 5.95. The van der Waals surface area contributed by atoms with Gasteiger partial charge in [0, 0.05) is 23.7 Å². The lowest BCUT2D eigenvalue weighted by molar-refractivity contribution is -0.123. The summed E-state index contributed by atoms with van der Waals surface area (Å²) in [5, 5.41) is 9.24. The molecule has 3 N–H and O–H groups in total. The zero-order valence-corrected chi connectivity index (χ0v) is 15.7. The highest BCUT2D eigenvalue weighted by Gasteiger charge is 2.57. The van der Waals surface area contributed by atoms with Crippen molar-refractivity contribution in [3.05, 3.63) is 18.2 Å². The third-order valence-electron chi connectivity index (χ3n) is 5.84. The van der Waals surface area contributed by atoms with Gasteiger partial charge in [0.15, 0.2) is 18.1 Å². The third kappa shape index (κ3) is 4.18. The number of nitrogens with one attached hydrogen (secondary N) is 3. The van der Waals surface area contributed by atoms with Crippen LogP contribution in [0.25, 0.3) is 0 Å². The predicted molar refractivity (Wildman–Crippen MR) is 101 cm³/mol. The van der Waals surface area contributed by atoms with E-state index in [1.807, 2.05) is 0 Å². The molecule has 1 atom stereocenters. The van der Waals surface area contributed by atoms with Crippen LogP contribution in [0.3, 0.4) is 0 Å². The van der Waals surface area contributed by atoms with Crippen LogP contribution in [0.2, 0.25) is 0 Å². The van der Waals surface area contributed by atoms with E-state index in [9.17, 15) is 9.59 Å². The van der Waals surface area contributed by atoms with Gasteiger partial charge >= 0.3 is 0 Å². The van der Waals surface area contributed by atoms with Gasteiger partial charge in [-0.2, -0.15) is 0 Å². The minimum Gasteiger partial charge on any atom is -0.493 e. The molecule has 0 bridgehead atoms. The molecule has 3 fully saturated rings. The Morgan fingerprint density at radius 3 is 2.70 bits per heavy atom. The van der Waals surface area contributed by atoms with E-state index in [1.165, 1.54) is 0 Å². The number of piperidine rings is 1. The average molecular weight is 373 g/mol. The smallest absolute Gasteiger partial charge is 0.258 e. The summed E-state index contributed by atoms with van der Waals surface area (Å²) in [7, 11) is 1.55. The van der Waals surface area contributed by atoms with E-state index in [1.54, 1.807) is 25.3 Å². The summed E-state index contributed by atoms with van der Waals surface area (Å²) >= 11 is 0. The van der Waals surface area contributed by atoms with Crippen molar-refractivity contribution in [1.82, 2.24) is 10.6 Å². The summed E-state index contributed by atoms with van der Waals surface area (Å²) in [5.41, 5.74) is 0.858. The fourth-order valence-corrected chi connectivity index (χ4v) is 3.93. The molecule has 4 rings (SSSR count). The maximum Gasteiger partial charge on any atom is 0.258 e. The summed E-state index contributed by atoms with van der Waals surface area (Å²) in [4.78, 5) is 24.5. The van der Waals surface area contributed by atoms with E-state index in [-0.39, 0.29) is 29.8 Å². The zero-order chi connectivity index (χ0) is 18.9. The van der Waals surface area contributed by atoms with E-state index in [0.717, 1.165) is 45.2 Å². The number of hydrogen-bond donors (Lipinski definition) is 3. The van der Waals surface area contributed by atoms with Crippen LogP contribution >= 0.6 is 0 Å². The zero-order valence-electron chi connectivity index (χ0n) is 15.7. The van der Waals surface area contributed by atoms with Crippen LogP contribution in [-0.4, -0.2) is 44.7 Å². The molecule has 7 heteroatoms. The van der Waals surface area contributed by atoms with Gasteiger partial charge in [-0.1, -0.05) is 0 Å². The summed E-state index contributed by atoms with van der Waals surface area (Å²) in [6.07, 6.45) is 5.18. The lowest BCUT2D eigenvalue weighted by Gasteiger charge is -2.23. The number of rotatable bonds is 7. The quantitative estimate of drug-likeness (QED) is 0.677. The molecule has 1 aromatic rings. The van der Waals surface area contributed by atoms with Crippen molar-refractivity contribution >= 4 is 17.5 Å². The van der Waals surface area contributed by atoms with Crippen molar-refractivity contribution in [3.8, 4) is 11.5 Å². The van der Waals surface area contributed by atoms with E-state index in [4.69, 9.17) is 9.47 Å². The molecule has 3 aliphatic rings. The predicted octanol–water partition coefficient (Wildman–Crippen LogP) is 1.68. The molecule has 146 valence electrons. The lowest BCUT2D eigenvalue weighted by atomic mass is 9.92. The van der Waals surface area contributed by atoms with Crippen LogP contribution in [0.4, 0.5) is 5.69 Å². The van der Waals surface area contributed by atoms with E-state index in [0.29, 0.717) is 23.2 Å². The van der Waals surface area contributed by atoms with Crippen LogP contribution in [-0.2, 0) is 9.59 Å². The van der Waals surface area contributed by atoms with Gasteiger partial charge in [0.1, 0.15) is 0 Å². The van der Waals surface area contributed by atoms with Gasteiger partial charge in [-0.15, -0.1) is 0 Å². The fourth-order valence-electron chi connectivity index (χ4n) is 3.93. The molecule has 2 aliphatic carbocycles. The lowest BCUT2D eigenvalue weighted by Crippen LogP contribution is -2.31. The SMILES string of the molecule is COc1ccc(NC(=O)C2CC23CCNCC3)cc1OCC(=O)NC1CC1. The number of ether oxygens (including phenoxy) is 2. The van der Waals surface area contributed by atoms with E-state index >= 15 is 0 Å². The first-order valence-electron chi connectivity index (χ1n) is 9.71. The first kappa shape index (κ1) is 18.1. The average Bonchev–Trinajstić information content (AvgIpc) is 3.59. The van der Waals surface area contributed by atoms with Gasteiger partial charge < -0.3 is 25.4 Å². The standard InChI is InChI=1S/C20H27N3O4/c1-26-16-5-4-14(10-17(16)27-12-18(24)22-13-2-3-13)23-19(25)15-11-20(15)6-8-21-9-7-20/h4-5,10,13,15,21H,2-3,6-9,11-12H2,1H3,(H,22,24)(H,23,25). The molecule has 7 nitrogen and oxygen atoms in total. The van der Waals surface area contributed by atoms with Crippen molar-refractivity contribution in [2.24, 2.45) is 11.3 Å². The van der Waals surface area contributed by atoms with Crippen molar-refractivity contribution in [3.63, 3.8) is 0 Å². The molecule has 2 amide bonds. The Balaban J connectivity index is 1.36. The van der Waals surface area contributed by atoms with Gasteiger partial charge in [-0.25, -0.2) is 0 Å². The number of hydrogen-bond acceptors (Lipinski definition) is 5. The Morgan fingerprint density at radius 1 is 1.22 bits per heavy atom. The summed E-state index contributed by atoms with van der Waals surface area (Å²) in [5.74, 6) is 1.01. The third-order valence-corrected chi connectivity index (χ3v) is 5.84. The first-order valence-corrected chi connectivity index (χ1v) is 9.71. The highest BCUT2D eigenvalue weighted by Crippen LogP contribution is 2.58. The Morgan fingerprint density at radius 2 is 2.00 bits per heavy atom. The molecule has 1 aromatic carbocycles. The Bertz CT molecular complexity index is 726. The van der Waals surface area contributed by atoms with Crippen LogP contribution in [0.15, 0.2) is 18.2 Å². The number of carbonyl (C=O) groups excluding carboxylic acids is 2. The van der Waals surface area contributed by atoms with Crippen LogP contribution in [0, 0.1) is 11.3 Å². The fraction of sp³-hybridized carbons (Fsp3) is 0.600. The van der Waals surface area contributed by atoms with Crippen LogP contribution in [0.5, 0.6) is 11.5 Å². The molecule has 1 saturated heterocycles. The molecule has 2 saturated carbocycles. The van der Waals surface area contributed by atoms with Crippen LogP contribution in [0.1, 0.15) is 32.1 Å². The number of benzene rings is 1. The molecule has 1 spiro atoms. The monoisotopic (exact) mass is 373 g/mol. The Kier molecular flexibility index (Phi) is 4.95. The maximum atomic E-state index is 12.6. The number of anilines is 1. The second-order valence-electron chi connectivity index (χ2n) is 7.85. The Labute approximate surface area is 159 Å². The molecule has 0 aromatic heterocycles. The van der Waals surface area contributed by atoms with Gasteiger partial charge in [0.05, 0.1) is 7.11 Å². The van der Waals surface area contributed by atoms with Gasteiger partial charge in [-0.3, -0.25) is 9.59 Å². The van der Waals surface area contributed by atoms with Gasteiger partial charge in [0.2, 0.25) is 5.91 Å². The molecular formula is C20H27N3O4. The molecule has 0 radical (unpaired) electrons. The molecular weight excluding hydrogens is 346 g/mol. The van der Waals surface area contributed by atoms with E-state index < -0.39 is 0 Å². The van der Waals surface area contributed by atoms with Crippen molar-refractivity contribution in [1.29, 1.82) is 0 Å². The molecule has 27 heavy (non-hydrogen) atoms. The maximum absolute atomic E-state index is 12.6. The minimum absolute atomic E-state index is 0.0665. The van der Waals surface area contributed by atoms with Gasteiger partial charge in [-0.05, 0) is 62.7 Å². The number of carbonyl (C=O) groups is 2. The molecule has 1 heterocycles. The summed E-state index contributed by atoms with van der Waals surface area (Å²) in [6.45, 7) is 1.92.